The molecule has 2 aromatic carbocycles. The number of carbonyl (C=O) groups excluding carboxylic acids is 1. The summed E-state index contributed by atoms with van der Waals surface area (Å²) in [6.07, 6.45) is 4.11. The van der Waals surface area contributed by atoms with E-state index in [1.54, 1.807) is 0 Å². The minimum atomic E-state index is -3.08. The zero-order chi connectivity index (χ0) is 19.4. The van der Waals surface area contributed by atoms with Crippen molar-refractivity contribution in [1.29, 1.82) is 0 Å². The van der Waals surface area contributed by atoms with Crippen LogP contribution in [0.15, 0.2) is 61.2 Å². The zero-order valence-corrected chi connectivity index (χ0v) is 14.1. The molecule has 3 aromatic rings. The Balaban J connectivity index is 1.80. The highest BCUT2D eigenvalue weighted by atomic mass is 19.3. The van der Waals surface area contributed by atoms with Crippen LogP contribution in [0.5, 0.6) is 11.5 Å². The molecule has 0 unspecified atom stereocenters. The van der Waals surface area contributed by atoms with Gasteiger partial charge in [0.1, 0.15) is 17.9 Å². The highest BCUT2D eigenvalue weighted by molar-refractivity contribution is 6.04. The number of ether oxygens (including phenoxy) is 1. The van der Waals surface area contributed by atoms with Crippen LogP contribution in [0, 0.1) is 5.82 Å². The first-order valence-corrected chi connectivity index (χ1v) is 7.84. The molecule has 0 fully saturated rings. The Kier molecular flexibility index (Phi) is 5.07. The molecule has 1 aromatic heterocycles. The lowest BCUT2D eigenvalue weighted by Gasteiger charge is -2.12. The topological polar surface area (TPSA) is 64.1 Å². The first-order chi connectivity index (χ1) is 12.8. The van der Waals surface area contributed by atoms with E-state index in [2.05, 4.69) is 15.3 Å². The van der Waals surface area contributed by atoms with Gasteiger partial charge >= 0.3 is 0 Å². The second-order valence-corrected chi connectivity index (χ2v) is 5.78. The SMILES string of the molecule is CC(F)(F)c1cccc(C(=O)Nc2cc(F)cc(Oc3cncnc3)c2)c1. The lowest BCUT2D eigenvalue weighted by Crippen LogP contribution is -2.14. The lowest BCUT2D eigenvalue weighted by molar-refractivity contribution is 0.0174. The fourth-order valence-corrected chi connectivity index (χ4v) is 2.30. The predicted octanol–water partition coefficient (Wildman–Crippen LogP) is 4.77. The molecule has 0 spiro atoms. The van der Waals surface area contributed by atoms with Crippen LogP contribution < -0.4 is 10.1 Å². The number of benzene rings is 2. The van der Waals surface area contributed by atoms with E-state index in [1.165, 1.54) is 43.0 Å². The standard InChI is InChI=1S/C19H14F3N3O2/c1-19(21,22)13-4-2-3-12(5-13)18(26)25-15-6-14(20)7-16(8-15)27-17-9-23-11-24-10-17/h2-11H,1H3,(H,25,26). The third-order valence-electron chi connectivity index (χ3n) is 3.53. The van der Waals surface area contributed by atoms with Crippen LogP contribution in [0.3, 0.4) is 0 Å². The van der Waals surface area contributed by atoms with Crippen LogP contribution in [0.2, 0.25) is 0 Å². The Morgan fingerprint density at radius 1 is 1.07 bits per heavy atom. The number of rotatable bonds is 5. The molecule has 27 heavy (non-hydrogen) atoms. The summed E-state index contributed by atoms with van der Waals surface area (Å²) in [4.78, 5) is 19.9. The van der Waals surface area contributed by atoms with Gasteiger partial charge in [0.15, 0.2) is 5.75 Å². The number of aromatic nitrogens is 2. The fourth-order valence-electron chi connectivity index (χ4n) is 2.30. The Labute approximate surface area is 152 Å². The summed E-state index contributed by atoms with van der Waals surface area (Å²) in [5, 5.41) is 2.47. The smallest absolute Gasteiger partial charge is 0.270 e. The van der Waals surface area contributed by atoms with Gasteiger partial charge in [-0.2, -0.15) is 0 Å². The van der Waals surface area contributed by atoms with Crippen molar-refractivity contribution in [3.63, 3.8) is 0 Å². The molecular formula is C19H14F3N3O2. The van der Waals surface area contributed by atoms with Crippen molar-refractivity contribution in [1.82, 2.24) is 9.97 Å². The van der Waals surface area contributed by atoms with Gasteiger partial charge in [-0.1, -0.05) is 12.1 Å². The average Bonchev–Trinajstić information content (AvgIpc) is 2.61. The van der Waals surface area contributed by atoms with E-state index in [9.17, 15) is 18.0 Å². The number of hydrogen-bond donors (Lipinski definition) is 1. The number of halogens is 3. The molecule has 5 nitrogen and oxygen atoms in total. The normalized spacial score (nSPS) is 11.1. The van der Waals surface area contributed by atoms with Gasteiger partial charge in [0.25, 0.3) is 11.8 Å². The second kappa shape index (κ2) is 7.45. The van der Waals surface area contributed by atoms with Crippen LogP contribution in [-0.4, -0.2) is 15.9 Å². The number of alkyl halides is 2. The molecule has 0 aliphatic carbocycles. The minimum Gasteiger partial charge on any atom is -0.454 e. The van der Waals surface area contributed by atoms with Crippen molar-refractivity contribution < 1.29 is 22.7 Å². The number of carbonyl (C=O) groups is 1. The molecule has 3 rings (SSSR count). The average molecular weight is 373 g/mol. The molecule has 0 saturated heterocycles. The number of nitrogens with zero attached hydrogens (tertiary/aromatic N) is 2. The molecule has 1 heterocycles. The fraction of sp³-hybridized carbons (Fsp3) is 0.105. The predicted molar refractivity (Wildman–Crippen MR) is 92.5 cm³/mol. The van der Waals surface area contributed by atoms with Crippen molar-refractivity contribution in [2.75, 3.05) is 5.32 Å². The number of anilines is 1. The summed E-state index contributed by atoms with van der Waals surface area (Å²) in [5.41, 5.74) is -0.153. The van der Waals surface area contributed by atoms with Crippen molar-refractivity contribution in [2.45, 2.75) is 12.8 Å². The van der Waals surface area contributed by atoms with Gasteiger partial charge in [-0.3, -0.25) is 4.79 Å². The molecule has 8 heteroatoms. The highest BCUT2D eigenvalue weighted by Gasteiger charge is 2.25. The van der Waals surface area contributed by atoms with Crippen molar-refractivity contribution in [3.8, 4) is 11.5 Å². The van der Waals surface area contributed by atoms with E-state index in [4.69, 9.17) is 4.74 Å². The third kappa shape index (κ3) is 4.81. The van der Waals surface area contributed by atoms with Crippen LogP contribution in [-0.2, 0) is 5.92 Å². The van der Waals surface area contributed by atoms with E-state index < -0.39 is 17.6 Å². The van der Waals surface area contributed by atoms with Gasteiger partial charge in [-0.15, -0.1) is 0 Å². The van der Waals surface area contributed by atoms with Crippen molar-refractivity contribution >= 4 is 11.6 Å². The maximum absolute atomic E-state index is 13.8. The first kappa shape index (κ1) is 18.4. The Bertz CT molecular complexity index is 960. The third-order valence-corrected chi connectivity index (χ3v) is 3.53. The highest BCUT2D eigenvalue weighted by Crippen LogP contribution is 2.28. The maximum atomic E-state index is 13.8. The summed E-state index contributed by atoms with van der Waals surface area (Å²) in [5.74, 6) is -3.96. The molecule has 0 bridgehead atoms. The van der Waals surface area contributed by atoms with Gasteiger partial charge in [0, 0.05) is 35.9 Å². The lowest BCUT2D eigenvalue weighted by atomic mass is 10.1. The molecule has 0 aliphatic heterocycles. The van der Waals surface area contributed by atoms with Crippen LogP contribution in [0.1, 0.15) is 22.8 Å². The summed E-state index contributed by atoms with van der Waals surface area (Å²) in [6.45, 7) is 0.744. The zero-order valence-electron chi connectivity index (χ0n) is 14.1. The second-order valence-electron chi connectivity index (χ2n) is 5.78. The van der Waals surface area contributed by atoms with Crippen LogP contribution >= 0.6 is 0 Å². The molecular weight excluding hydrogens is 359 g/mol. The molecule has 0 aliphatic rings. The number of hydrogen-bond acceptors (Lipinski definition) is 4. The molecule has 0 saturated carbocycles. The Hall–Kier alpha value is -3.42. The van der Waals surface area contributed by atoms with Gasteiger partial charge in [-0.25, -0.2) is 23.1 Å². The van der Waals surface area contributed by atoms with E-state index in [0.717, 1.165) is 25.1 Å². The van der Waals surface area contributed by atoms with Crippen molar-refractivity contribution in [3.05, 3.63) is 78.1 Å². The van der Waals surface area contributed by atoms with E-state index >= 15 is 0 Å². The van der Waals surface area contributed by atoms with Gasteiger partial charge in [0.05, 0.1) is 12.4 Å². The maximum Gasteiger partial charge on any atom is 0.270 e. The Morgan fingerprint density at radius 2 is 1.81 bits per heavy atom. The van der Waals surface area contributed by atoms with Crippen LogP contribution in [0.4, 0.5) is 18.9 Å². The minimum absolute atomic E-state index is 0.0252. The molecule has 138 valence electrons. The van der Waals surface area contributed by atoms with Gasteiger partial charge < -0.3 is 10.1 Å². The number of amides is 1. The van der Waals surface area contributed by atoms with E-state index in [0.29, 0.717) is 5.75 Å². The quantitative estimate of drug-likeness (QED) is 0.700. The summed E-state index contributed by atoms with van der Waals surface area (Å²) in [6, 6.07) is 8.68. The Morgan fingerprint density at radius 3 is 2.52 bits per heavy atom. The first-order valence-electron chi connectivity index (χ1n) is 7.84. The molecule has 1 amide bonds. The summed E-state index contributed by atoms with van der Waals surface area (Å²) in [7, 11) is 0. The van der Waals surface area contributed by atoms with Crippen molar-refractivity contribution in [2.24, 2.45) is 0 Å². The molecule has 0 radical (unpaired) electrons. The largest absolute Gasteiger partial charge is 0.454 e. The van der Waals surface area contributed by atoms with Crippen LogP contribution in [0.25, 0.3) is 0 Å². The number of nitrogens with one attached hydrogen (secondary N) is 1. The summed E-state index contributed by atoms with van der Waals surface area (Å²) >= 11 is 0. The van der Waals surface area contributed by atoms with E-state index in [1.807, 2.05) is 0 Å². The van der Waals surface area contributed by atoms with Gasteiger partial charge in [-0.05, 0) is 18.2 Å². The van der Waals surface area contributed by atoms with E-state index in [-0.39, 0.29) is 22.6 Å². The molecule has 0 atom stereocenters. The molecule has 1 N–H and O–H groups in total. The monoisotopic (exact) mass is 373 g/mol. The summed E-state index contributed by atoms with van der Waals surface area (Å²) < 4.78 is 46.1. The van der Waals surface area contributed by atoms with Gasteiger partial charge in [0.2, 0.25) is 0 Å².